The van der Waals surface area contributed by atoms with Crippen LogP contribution in [0.2, 0.25) is 0 Å². The van der Waals surface area contributed by atoms with E-state index in [0.29, 0.717) is 12.2 Å². The Balaban J connectivity index is 0.000000845. The van der Waals surface area contributed by atoms with Crippen LogP contribution in [0, 0.1) is 5.41 Å². The largest absolute Gasteiger partial charge is 0.381 e. The molecule has 76 valence electrons. The van der Waals surface area contributed by atoms with Crippen molar-refractivity contribution in [3.63, 3.8) is 0 Å². The summed E-state index contributed by atoms with van der Waals surface area (Å²) >= 11 is 0. The fourth-order valence-corrected chi connectivity index (χ4v) is 2.11. The van der Waals surface area contributed by atoms with E-state index in [1.807, 2.05) is 0 Å². The van der Waals surface area contributed by atoms with Crippen molar-refractivity contribution >= 4 is 18.2 Å². The van der Waals surface area contributed by atoms with Crippen LogP contribution in [0.3, 0.4) is 0 Å². The maximum absolute atomic E-state index is 11.7. The molecule has 2 rings (SSSR count). The molecule has 2 aliphatic heterocycles. The van der Waals surface area contributed by atoms with Crippen LogP contribution in [0.15, 0.2) is 0 Å². The van der Waals surface area contributed by atoms with Crippen molar-refractivity contribution in [3.05, 3.63) is 0 Å². The third-order valence-electron chi connectivity index (χ3n) is 3.03. The van der Waals surface area contributed by atoms with Gasteiger partial charge < -0.3 is 10.1 Å². The van der Waals surface area contributed by atoms with E-state index in [4.69, 9.17) is 4.74 Å². The maximum Gasteiger partial charge on any atom is 0.141 e. The van der Waals surface area contributed by atoms with E-state index in [-0.39, 0.29) is 17.8 Å². The quantitative estimate of drug-likeness (QED) is 0.635. The summed E-state index contributed by atoms with van der Waals surface area (Å²) in [7, 11) is 0. The molecule has 0 aromatic carbocycles. The van der Waals surface area contributed by atoms with Crippen molar-refractivity contribution in [2.75, 3.05) is 26.3 Å². The van der Waals surface area contributed by atoms with Crippen LogP contribution in [0.25, 0.3) is 0 Å². The van der Waals surface area contributed by atoms with Gasteiger partial charge >= 0.3 is 0 Å². The van der Waals surface area contributed by atoms with E-state index in [1.165, 1.54) is 0 Å². The molecule has 0 bridgehead atoms. The maximum atomic E-state index is 11.7. The molecule has 0 atom stereocenters. The third-order valence-corrected chi connectivity index (χ3v) is 3.03. The Bertz CT molecular complexity index is 182. The minimum absolute atomic E-state index is 0. The van der Waals surface area contributed by atoms with E-state index in [9.17, 15) is 4.79 Å². The topological polar surface area (TPSA) is 38.3 Å². The number of ether oxygens (including phenoxy) is 1. The summed E-state index contributed by atoms with van der Waals surface area (Å²) in [6.07, 6.45) is 2.54. The van der Waals surface area contributed by atoms with Gasteiger partial charge in [0.1, 0.15) is 5.78 Å². The average molecular weight is 206 g/mol. The second-order valence-electron chi connectivity index (χ2n) is 3.74. The molecular weight excluding hydrogens is 190 g/mol. The zero-order valence-electron chi connectivity index (χ0n) is 7.67. The highest BCUT2D eigenvalue weighted by Gasteiger charge is 2.40. The number of Topliss-reactive ketones (excluding diaryl/α,β-unsaturated/α-hetero) is 1. The highest BCUT2D eigenvalue weighted by atomic mass is 35.5. The fourth-order valence-electron chi connectivity index (χ4n) is 2.11. The van der Waals surface area contributed by atoms with E-state index in [2.05, 4.69) is 5.32 Å². The number of rotatable bonds is 0. The minimum atomic E-state index is -0.0590. The van der Waals surface area contributed by atoms with Gasteiger partial charge in [-0.15, -0.1) is 12.4 Å². The van der Waals surface area contributed by atoms with E-state index in [0.717, 1.165) is 39.1 Å². The molecule has 2 heterocycles. The number of carbonyl (C=O) groups excluding carboxylic acids is 1. The number of hydrogen-bond donors (Lipinski definition) is 1. The Hall–Kier alpha value is -0.120. The van der Waals surface area contributed by atoms with E-state index in [1.54, 1.807) is 0 Å². The Morgan fingerprint density at radius 1 is 1.31 bits per heavy atom. The lowest BCUT2D eigenvalue weighted by Crippen LogP contribution is -2.50. The summed E-state index contributed by atoms with van der Waals surface area (Å²) in [5.74, 6) is 0.449. The zero-order valence-corrected chi connectivity index (χ0v) is 8.49. The lowest BCUT2D eigenvalue weighted by Gasteiger charge is -2.38. The van der Waals surface area contributed by atoms with Gasteiger partial charge in [-0.1, -0.05) is 0 Å². The molecule has 0 unspecified atom stereocenters. The Morgan fingerprint density at radius 3 is 2.62 bits per heavy atom. The monoisotopic (exact) mass is 205 g/mol. The molecule has 13 heavy (non-hydrogen) atoms. The summed E-state index contributed by atoms with van der Waals surface area (Å²) in [4.78, 5) is 11.7. The standard InChI is InChI=1S/C9H15NO2.ClH/c11-8-1-4-10-7-9(8)2-5-12-6-3-9;/h10H,1-7H2;1H. The smallest absolute Gasteiger partial charge is 0.141 e. The predicted molar refractivity (Wildman–Crippen MR) is 52.2 cm³/mol. The normalized spacial score (nSPS) is 26.9. The summed E-state index contributed by atoms with van der Waals surface area (Å²) in [5, 5.41) is 3.30. The second-order valence-corrected chi connectivity index (χ2v) is 3.74. The minimum Gasteiger partial charge on any atom is -0.381 e. The van der Waals surface area contributed by atoms with Crippen molar-refractivity contribution in [1.29, 1.82) is 0 Å². The molecule has 0 amide bonds. The first-order valence-corrected chi connectivity index (χ1v) is 4.65. The molecule has 2 saturated heterocycles. The van der Waals surface area contributed by atoms with Gasteiger partial charge in [0.15, 0.2) is 0 Å². The number of halogens is 1. The molecule has 2 aliphatic rings. The first kappa shape index (κ1) is 11.0. The van der Waals surface area contributed by atoms with Gasteiger partial charge in [-0.2, -0.15) is 0 Å². The summed E-state index contributed by atoms with van der Waals surface area (Å²) < 4.78 is 5.27. The van der Waals surface area contributed by atoms with Gasteiger partial charge in [-0.25, -0.2) is 0 Å². The lowest BCUT2D eigenvalue weighted by atomic mass is 9.73. The number of nitrogens with one attached hydrogen (secondary N) is 1. The van der Waals surface area contributed by atoms with Gasteiger partial charge in [-0.05, 0) is 12.8 Å². The fraction of sp³-hybridized carbons (Fsp3) is 0.889. The molecule has 1 N–H and O–H groups in total. The van der Waals surface area contributed by atoms with Crippen LogP contribution >= 0.6 is 12.4 Å². The third kappa shape index (κ3) is 2.03. The SMILES string of the molecule is Cl.O=C1CCNCC12CCOCC2. The molecule has 3 nitrogen and oxygen atoms in total. The Labute approximate surface area is 84.6 Å². The van der Waals surface area contributed by atoms with Crippen LogP contribution in [0.1, 0.15) is 19.3 Å². The van der Waals surface area contributed by atoms with E-state index >= 15 is 0 Å². The van der Waals surface area contributed by atoms with Crippen LogP contribution in [0.4, 0.5) is 0 Å². The van der Waals surface area contributed by atoms with Crippen molar-refractivity contribution in [2.45, 2.75) is 19.3 Å². The summed E-state index contributed by atoms with van der Waals surface area (Å²) in [5.41, 5.74) is -0.0590. The predicted octanol–water partition coefficient (Wildman–Crippen LogP) is 0.767. The van der Waals surface area contributed by atoms with Gasteiger partial charge in [0.25, 0.3) is 0 Å². The highest BCUT2D eigenvalue weighted by Crippen LogP contribution is 2.33. The molecule has 1 spiro atoms. The molecule has 4 heteroatoms. The van der Waals surface area contributed by atoms with Crippen molar-refractivity contribution in [1.82, 2.24) is 5.32 Å². The van der Waals surface area contributed by atoms with Gasteiger partial charge in [-0.3, -0.25) is 4.79 Å². The zero-order chi connectivity index (χ0) is 8.44. The Morgan fingerprint density at radius 2 is 2.00 bits per heavy atom. The molecule has 0 aromatic rings. The number of hydrogen-bond acceptors (Lipinski definition) is 3. The lowest BCUT2D eigenvalue weighted by molar-refractivity contribution is -0.136. The van der Waals surface area contributed by atoms with Crippen LogP contribution in [0.5, 0.6) is 0 Å². The van der Waals surface area contributed by atoms with Crippen molar-refractivity contribution < 1.29 is 9.53 Å². The van der Waals surface area contributed by atoms with Gasteiger partial charge in [0.05, 0.1) is 0 Å². The summed E-state index contributed by atoms with van der Waals surface area (Å²) in [6, 6.07) is 0. The Kier molecular flexibility index (Phi) is 3.71. The van der Waals surface area contributed by atoms with Gasteiger partial charge in [0, 0.05) is 38.1 Å². The molecule has 0 aromatic heterocycles. The summed E-state index contributed by atoms with van der Waals surface area (Å²) in [6.45, 7) is 3.25. The molecule has 0 radical (unpaired) electrons. The molecule has 0 aliphatic carbocycles. The number of ketones is 1. The van der Waals surface area contributed by atoms with Crippen molar-refractivity contribution in [2.24, 2.45) is 5.41 Å². The first-order chi connectivity index (χ1) is 5.83. The first-order valence-electron chi connectivity index (χ1n) is 4.65. The number of carbonyl (C=O) groups is 1. The molecule has 0 saturated carbocycles. The van der Waals surface area contributed by atoms with Crippen molar-refractivity contribution in [3.8, 4) is 0 Å². The van der Waals surface area contributed by atoms with E-state index < -0.39 is 0 Å². The molecule has 2 fully saturated rings. The second kappa shape index (κ2) is 4.40. The molecular formula is C9H16ClNO2. The highest BCUT2D eigenvalue weighted by molar-refractivity contribution is 5.86. The van der Waals surface area contributed by atoms with Crippen LogP contribution in [-0.2, 0) is 9.53 Å². The van der Waals surface area contributed by atoms with Gasteiger partial charge in [0.2, 0.25) is 0 Å². The van der Waals surface area contributed by atoms with Crippen LogP contribution < -0.4 is 5.32 Å². The van der Waals surface area contributed by atoms with Crippen LogP contribution in [-0.4, -0.2) is 32.1 Å². The number of piperidine rings is 1. The average Bonchev–Trinajstić information content (AvgIpc) is 2.12.